The molecular weight excluding hydrogens is 150 g/mol. The van der Waals surface area contributed by atoms with Crippen molar-refractivity contribution in [3.63, 3.8) is 0 Å². The fourth-order valence-electron chi connectivity index (χ4n) is 0.0546. The van der Waals surface area contributed by atoms with Crippen molar-refractivity contribution >= 4 is 21.9 Å². The molecule has 2 nitrogen and oxygen atoms in total. The van der Waals surface area contributed by atoms with E-state index in [1.54, 1.807) is 0 Å². The molecule has 3 heteroatoms. The lowest BCUT2D eigenvalue weighted by Crippen LogP contribution is -1.99. The summed E-state index contributed by atoms with van der Waals surface area (Å²) in [6.07, 6.45) is 0. The predicted octanol–water partition coefficient (Wildman–Crippen LogP) is 0.554. The number of halogens is 1. The number of ether oxygens (including phenoxy) is 1. The average molecular weight is 155 g/mol. The van der Waals surface area contributed by atoms with Gasteiger partial charge < -0.3 is 4.74 Å². The molecule has 0 aromatic rings. The zero-order valence-electron chi connectivity index (χ0n) is 3.40. The topological polar surface area (TPSA) is 26.3 Å². The van der Waals surface area contributed by atoms with Gasteiger partial charge in [0.1, 0.15) is 5.33 Å². The van der Waals surface area contributed by atoms with E-state index in [0.29, 0.717) is 0 Å². The lowest BCUT2D eigenvalue weighted by atomic mass is 11.6. The van der Waals surface area contributed by atoms with E-state index in [2.05, 4.69) is 20.7 Å². The van der Waals surface area contributed by atoms with Crippen molar-refractivity contribution in [3.8, 4) is 0 Å². The Labute approximate surface area is 44.6 Å². The molecule has 0 radical (unpaired) electrons. The molecule has 0 saturated carbocycles. The molecule has 0 atom stereocenters. The average Bonchev–Trinajstić information content (AvgIpc) is 1.65. The minimum Gasteiger partial charge on any atom is -0.468 e. The maximum Gasteiger partial charge on any atom is 0.316 e. The fourth-order valence-corrected chi connectivity index (χ4v) is 0.283. The molecule has 0 aliphatic heterocycles. The standard InChI is InChI=1S/C3H5BrO2/c1-6-3(5)2-4/h2H2,1H3/i2+1,3+1. The SMILES string of the molecule is CO[13C](=O)[13CH2]Br. The number of esters is 1. The van der Waals surface area contributed by atoms with Gasteiger partial charge >= 0.3 is 5.97 Å². The van der Waals surface area contributed by atoms with E-state index in [-0.39, 0.29) is 11.3 Å². The number of carbonyl (C=O) groups is 1. The molecule has 0 N–H and O–H groups in total. The van der Waals surface area contributed by atoms with Gasteiger partial charge in [-0.3, -0.25) is 4.79 Å². The molecule has 0 heterocycles. The van der Waals surface area contributed by atoms with Gasteiger partial charge in [-0.05, 0) is 0 Å². The van der Waals surface area contributed by atoms with Gasteiger partial charge in [0.25, 0.3) is 0 Å². The molecule has 0 spiro atoms. The van der Waals surface area contributed by atoms with Gasteiger partial charge in [0.15, 0.2) is 0 Å². The number of carbonyl (C=O) groups excluding carboxylic acids is 1. The minimum atomic E-state index is -0.241. The molecule has 0 aliphatic rings. The number of alkyl halides is 1. The number of methoxy groups -OCH3 is 1. The Kier molecular flexibility index (Phi) is 3.13. The van der Waals surface area contributed by atoms with Crippen LogP contribution < -0.4 is 0 Å². The third-order valence-corrected chi connectivity index (χ3v) is 0.795. The van der Waals surface area contributed by atoms with Crippen molar-refractivity contribution in [1.29, 1.82) is 0 Å². The second-order valence-electron chi connectivity index (χ2n) is 0.710. The summed E-state index contributed by atoms with van der Waals surface area (Å²) in [6, 6.07) is 0. The van der Waals surface area contributed by atoms with Crippen LogP contribution in [0.4, 0.5) is 0 Å². The third kappa shape index (κ3) is 2.20. The molecule has 0 fully saturated rings. The van der Waals surface area contributed by atoms with Crippen LogP contribution in [0.3, 0.4) is 0 Å². The first kappa shape index (κ1) is 5.95. The number of hydrogen-bond acceptors (Lipinski definition) is 2. The van der Waals surface area contributed by atoms with Crippen molar-refractivity contribution < 1.29 is 9.53 Å². The maximum absolute atomic E-state index is 9.91. The second-order valence-corrected chi connectivity index (χ2v) is 1.27. The van der Waals surface area contributed by atoms with Crippen molar-refractivity contribution in [3.05, 3.63) is 0 Å². The van der Waals surface area contributed by atoms with Crippen LogP contribution in [0.15, 0.2) is 0 Å². The molecule has 0 aliphatic carbocycles. The Morgan fingerprint density at radius 1 is 2.00 bits per heavy atom. The van der Waals surface area contributed by atoms with Gasteiger partial charge in [0.2, 0.25) is 0 Å². The van der Waals surface area contributed by atoms with Crippen LogP contribution in [-0.2, 0) is 9.53 Å². The molecule has 0 aromatic heterocycles. The van der Waals surface area contributed by atoms with Crippen LogP contribution in [0, 0.1) is 0 Å². The van der Waals surface area contributed by atoms with E-state index in [1.165, 1.54) is 7.11 Å². The highest BCUT2D eigenvalue weighted by molar-refractivity contribution is 9.09. The molecule has 0 amide bonds. The van der Waals surface area contributed by atoms with Crippen LogP contribution >= 0.6 is 15.9 Å². The molecule has 0 rings (SSSR count). The molecule has 0 aromatic carbocycles. The lowest BCUT2D eigenvalue weighted by molar-refractivity contribution is -0.137. The van der Waals surface area contributed by atoms with Crippen molar-refractivity contribution in [1.82, 2.24) is 0 Å². The predicted molar refractivity (Wildman–Crippen MR) is 25.8 cm³/mol. The zero-order chi connectivity index (χ0) is 4.99. The highest BCUT2D eigenvalue weighted by Gasteiger charge is 1.89. The largest absolute Gasteiger partial charge is 0.468 e. The molecule has 6 heavy (non-hydrogen) atoms. The van der Waals surface area contributed by atoms with Crippen molar-refractivity contribution in [2.24, 2.45) is 0 Å². The van der Waals surface area contributed by atoms with Gasteiger partial charge in [-0.2, -0.15) is 0 Å². The van der Waals surface area contributed by atoms with Crippen LogP contribution in [-0.4, -0.2) is 18.4 Å². The van der Waals surface area contributed by atoms with Crippen molar-refractivity contribution in [2.75, 3.05) is 12.4 Å². The first-order valence-electron chi connectivity index (χ1n) is 1.44. The van der Waals surface area contributed by atoms with Crippen LogP contribution in [0.1, 0.15) is 0 Å². The summed E-state index contributed by atoms with van der Waals surface area (Å²) in [5, 5.41) is 0.281. The fraction of sp³-hybridized carbons (Fsp3) is 0.667. The second kappa shape index (κ2) is 3.15. The summed E-state index contributed by atoms with van der Waals surface area (Å²) in [6.45, 7) is 0. The van der Waals surface area contributed by atoms with Gasteiger partial charge in [0, 0.05) is 0 Å². The van der Waals surface area contributed by atoms with Crippen LogP contribution in [0.5, 0.6) is 0 Å². The van der Waals surface area contributed by atoms with E-state index in [1.807, 2.05) is 0 Å². The minimum absolute atomic E-state index is 0.241. The first-order chi connectivity index (χ1) is 2.81. The normalized spacial score (nSPS) is 7.67. The highest BCUT2D eigenvalue weighted by atomic mass is 79.9. The maximum atomic E-state index is 9.91. The van der Waals surface area contributed by atoms with Crippen molar-refractivity contribution in [2.45, 2.75) is 0 Å². The molecular formula is C3H5BrO2. The third-order valence-electron chi connectivity index (χ3n) is 0.337. The Hall–Kier alpha value is -0.0500. The summed E-state index contributed by atoms with van der Waals surface area (Å²) >= 11 is 2.90. The Bertz CT molecular complexity index is 46.8. The Morgan fingerprint density at radius 2 is 2.50 bits per heavy atom. The summed E-state index contributed by atoms with van der Waals surface area (Å²) < 4.78 is 4.21. The Balaban J connectivity index is 2.99. The van der Waals surface area contributed by atoms with Gasteiger partial charge in [-0.1, -0.05) is 15.9 Å². The quantitative estimate of drug-likeness (QED) is 0.314. The van der Waals surface area contributed by atoms with Crippen LogP contribution in [0.2, 0.25) is 0 Å². The number of rotatable bonds is 1. The van der Waals surface area contributed by atoms with E-state index in [9.17, 15) is 4.79 Å². The molecule has 0 bridgehead atoms. The number of hydrogen-bond donors (Lipinski definition) is 0. The molecule has 0 saturated heterocycles. The Morgan fingerprint density at radius 3 is 2.50 bits per heavy atom. The van der Waals surface area contributed by atoms with E-state index < -0.39 is 0 Å². The zero-order valence-corrected chi connectivity index (χ0v) is 4.99. The van der Waals surface area contributed by atoms with Gasteiger partial charge in [0.05, 0.1) is 7.11 Å². The van der Waals surface area contributed by atoms with Gasteiger partial charge in [-0.25, -0.2) is 0 Å². The first-order valence-corrected chi connectivity index (χ1v) is 2.56. The molecule has 36 valence electrons. The monoisotopic (exact) mass is 154 g/mol. The highest BCUT2D eigenvalue weighted by Crippen LogP contribution is 1.79. The lowest BCUT2D eigenvalue weighted by Gasteiger charge is -1.86. The summed E-state index contributed by atoms with van der Waals surface area (Å²) in [4.78, 5) is 9.91. The van der Waals surface area contributed by atoms with Crippen LogP contribution in [0.25, 0.3) is 0 Å². The molecule has 0 unspecified atom stereocenters. The van der Waals surface area contributed by atoms with E-state index in [4.69, 9.17) is 0 Å². The summed E-state index contributed by atoms with van der Waals surface area (Å²) in [5.74, 6) is -0.241. The van der Waals surface area contributed by atoms with E-state index >= 15 is 0 Å². The summed E-state index contributed by atoms with van der Waals surface area (Å²) in [7, 11) is 1.35. The summed E-state index contributed by atoms with van der Waals surface area (Å²) in [5.41, 5.74) is 0. The smallest absolute Gasteiger partial charge is 0.316 e. The van der Waals surface area contributed by atoms with Gasteiger partial charge in [-0.15, -0.1) is 0 Å². The van der Waals surface area contributed by atoms with E-state index in [0.717, 1.165) is 0 Å².